The van der Waals surface area contributed by atoms with E-state index in [0.29, 0.717) is 0 Å². The van der Waals surface area contributed by atoms with E-state index in [1.807, 2.05) is 0 Å². The van der Waals surface area contributed by atoms with Gasteiger partial charge in [0.15, 0.2) is 5.60 Å². The van der Waals surface area contributed by atoms with Crippen LogP contribution in [0.15, 0.2) is 0 Å². The third kappa shape index (κ3) is 6.45. The van der Waals surface area contributed by atoms with Gasteiger partial charge in [-0.25, -0.2) is 4.79 Å². The van der Waals surface area contributed by atoms with Gasteiger partial charge in [0.1, 0.15) is 6.61 Å². The predicted molar refractivity (Wildman–Crippen MR) is 51.1 cm³/mol. The van der Waals surface area contributed by atoms with Gasteiger partial charge >= 0.3 is 17.9 Å². The van der Waals surface area contributed by atoms with Crippen LogP contribution in [0.25, 0.3) is 0 Å². The van der Waals surface area contributed by atoms with E-state index >= 15 is 0 Å². The Kier molecular flexibility index (Phi) is 7.85. The summed E-state index contributed by atoms with van der Waals surface area (Å²) in [4.78, 5) is 31.8. The summed E-state index contributed by atoms with van der Waals surface area (Å²) in [7, 11) is 0. The molecule has 0 saturated carbocycles. The van der Waals surface area contributed by atoms with Crippen LogP contribution in [-0.2, 0) is 19.1 Å². The lowest BCUT2D eigenvalue weighted by Crippen LogP contribution is -2.43. The lowest BCUT2D eigenvalue weighted by atomic mass is 9.96. The molecule has 9 heteroatoms. The molecule has 0 spiro atoms. The number of ether oxygens (including phenoxy) is 1. The summed E-state index contributed by atoms with van der Waals surface area (Å²) in [5, 5.41) is 34.7. The number of rotatable bonds is 7. The predicted octanol–water partition coefficient (Wildman–Crippen LogP) is -2.62. The Labute approximate surface area is 95.5 Å². The lowest BCUT2D eigenvalue weighted by molar-refractivity contribution is -0.172. The van der Waals surface area contributed by atoms with Gasteiger partial charge in [-0.15, -0.1) is 0 Å². The third-order valence-corrected chi connectivity index (χ3v) is 1.63. The van der Waals surface area contributed by atoms with Crippen molar-refractivity contribution in [2.45, 2.75) is 18.4 Å². The van der Waals surface area contributed by atoms with Gasteiger partial charge in [-0.3, -0.25) is 9.59 Å². The molecule has 17 heavy (non-hydrogen) atoms. The molecule has 9 nitrogen and oxygen atoms in total. The Balaban J connectivity index is 0. The van der Waals surface area contributed by atoms with E-state index in [1.165, 1.54) is 0 Å². The summed E-state index contributed by atoms with van der Waals surface area (Å²) in [5.41, 5.74) is -2.70. The maximum absolute atomic E-state index is 11.0. The minimum absolute atomic E-state index is 0. The summed E-state index contributed by atoms with van der Waals surface area (Å²) in [5.74, 6) is -4.48. The highest BCUT2D eigenvalue weighted by molar-refractivity contribution is 5.88. The Morgan fingerprint density at radius 1 is 1.12 bits per heavy atom. The highest BCUT2D eigenvalue weighted by Gasteiger charge is 2.41. The number of carbonyl (C=O) groups is 3. The zero-order valence-electron chi connectivity index (χ0n) is 8.75. The van der Waals surface area contributed by atoms with Crippen LogP contribution in [0.1, 0.15) is 12.8 Å². The van der Waals surface area contributed by atoms with Crippen LogP contribution in [0.2, 0.25) is 0 Å². The monoisotopic (exact) mass is 254 g/mol. The number of carboxylic acids is 2. The summed E-state index contributed by atoms with van der Waals surface area (Å²) in [6.07, 6.45) is -2.11. The van der Waals surface area contributed by atoms with Gasteiger partial charge in [0.25, 0.3) is 0 Å². The maximum Gasteiger partial charge on any atom is 0.336 e. The lowest BCUT2D eigenvalue weighted by Gasteiger charge is -2.19. The average molecular weight is 254 g/mol. The van der Waals surface area contributed by atoms with E-state index in [2.05, 4.69) is 4.74 Å². The highest BCUT2D eigenvalue weighted by Crippen LogP contribution is 2.16. The second-order valence-corrected chi connectivity index (χ2v) is 3.03. The number of esters is 1. The van der Waals surface area contributed by atoms with Crippen molar-refractivity contribution in [3.05, 3.63) is 0 Å². The van der Waals surface area contributed by atoms with E-state index in [-0.39, 0.29) is 12.1 Å². The van der Waals surface area contributed by atoms with Crippen molar-refractivity contribution >= 4 is 17.9 Å². The number of hydrogen-bond acceptors (Lipinski definition) is 6. The maximum atomic E-state index is 11.0. The summed E-state index contributed by atoms with van der Waals surface area (Å²) in [6.45, 7) is -0.794. The van der Waals surface area contributed by atoms with Crippen molar-refractivity contribution in [1.29, 1.82) is 0 Å². The molecule has 6 N–H and O–H groups in total. The molecule has 1 atom stereocenters. The van der Waals surface area contributed by atoms with E-state index in [0.717, 1.165) is 0 Å². The number of carboxylic acid groups (broad SMARTS) is 2. The van der Waals surface area contributed by atoms with E-state index in [9.17, 15) is 19.5 Å². The van der Waals surface area contributed by atoms with Crippen LogP contribution in [0.3, 0.4) is 0 Å². The molecule has 1 unspecified atom stereocenters. The fourth-order valence-corrected chi connectivity index (χ4v) is 0.913. The molecular weight excluding hydrogens is 240 g/mol. The third-order valence-electron chi connectivity index (χ3n) is 1.63. The molecule has 0 aliphatic rings. The quantitative estimate of drug-likeness (QED) is 0.357. The fourth-order valence-electron chi connectivity index (χ4n) is 0.913. The van der Waals surface area contributed by atoms with Gasteiger partial charge in [-0.1, -0.05) is 0 Å². The number of aliphatic hydroxyl groups is 2. The van der Waals surface area contributed by atoms with E-state index < -0.39 is 43.0 Å². The van der Waals surface area contributed by atoms with Crippen molar-refractivity contribution in [3.8, 4) is 0 Å². The normalized spacial score (nSPS) is 13.1. The van der Waals surface area contributed by atoms with Crippen molar-refractivity contribution in [2.75, 3.05) is 13.2 Å². The second-order valence-electron chi connectivity index (χ2n) is 3.03. The molecular formula is C8H14O9. The molecule has 0 bridgehead atoms. The molecule has 0 aliphatic heterocycles. The SMILES string of the molecule is O.O=C(O)CC(O)(CC(=O)OCCO)C(=O)O. The Morgan fingerprint density at radius 3 is 2.00 bits per heavy atom. The van der Waals surface area contributed by atoms with Crippen molar-refractivity contribution in [3.63, 3.8) is 0 Å². The molecule has 0 heterocycles. The second kappa shape index (κ2) is 7.54. The van der Waals surface area contributed by atoms with E-state index in [4.69, 9.17) is 15.3 Å². The minimum Gasteiger partial charge on any atom is -0.481 e. The number of aliphatic carboxylic acids is 2. The van der Waals surface area contributed by atoms with Crippen LogP contribution in [0, 0.1) is 0 Å². The van der Waals surface area contributed by atoms with Crippen LogP contribution >= 0.6 is 0 Å². The standard InChI is InChI=1S/C8H12O8.H2O/c9-1-2-16-6(12)4-8(15,7(13)14)3-5(10)11;/h9,15H,1-4H2,(H,10,11)(H,13,14);1H2. The molecule has 0 rings (SSSR count). The fraction of sp³-hybridized carbons (Fsp3) is 0.625. The first-order chi connectivity index (χ1) is 7.31. The van der Waals surface area contributed by atoms with Gasteiger partial charge in [0.2, 0.25) is 0 Å². The van der Waals surface area contributed by atoms with Crippen LogP contribution in [0.5, 0.6) is 0 Å². The van der Waals surface area contributed by atoms with Gasteiger partial charge in [-0.2, -0.15) is 0 Å². The molecule has 0 saturated heterocycles. The molecule has 0 amide bonds. The highest BCUT2D eigenvalue weighted by atomic mass is 16.5. The van der Waals surface area contributed by atoms with Gasteiger partial charge < -0.3 is 30.6 Å². The van der Waals surface area contributed by atoms with Crippen molar-refractivity contribution in [1.82, 2.24) is 0 Å². The average Bonchev–Trinajstić information content (AvgIpc) is 2.12. The van der Waals surface area contributed by atoms with Crippen LogP contribution in [0.4, 0.5) is 0 Å². The number of carbonyl (C=O) groups excluding carboxylic acids is 1. The summed E-state index contributed by atoms with van der Waals surface area (Å²) in [6, 6.07) is 0. The van der Waals surface area contributed by atoms with E-state index in [1.54, 1.807) is 0 Å². The summed E-state index contributed by atoms with van der Waals surface area (Å²) < 4.78 is 4.31. The van der Waals surface area contributed by atoms with Crippen molar-refractivity contribution < 1.29 is 45.0 Å². The molecule has 0 aromatic heterocycles. The van der Waals surface area contributed by atoms with Gasteiger partial charge in [0, 0.05) is 0 Å². The number of hydrogen-bond donors (Lipinski definition) is 4. The molecule has 0 radical (unpaired) electrons. The Hall–Kier alpha value is -1.71. The molecule has 0 aromatic carbocycles. The Bertz CT molecular complexity index is 287. The number of aliphatic hydroxyl groups excluding tert-OH is 1. The molecule has 0 aromatic rings. The largest absolute Gasteiger partial charge is 0.481 e. The first-order valence-electron chi connectivity index (χ1n) is 4.26. The topological polar surface area (TPSA) is 173 Å². The summed E-state index contributed by atoms with van der Waals surface area (Å²) >= 11 is 0. The zero-order valence-corrected chi connectivity index (χ0v) is 8.75. The van der Waals surface area contributed by atoms with Crippen LogP contribution < -0.4 is 0 Å². The zero-order chi connectivity index (χ0) is 12.8. The Morgan fingerprint density at radius 2 is 1.65 bits per heavy atom. The molecule has 0 aliphatic carbocycles. The molecule has 100 valence electrons. The first kappa shape index (κ1) is 17.7. The van der Waals surface area contributed by atoms with Gasteiger partial charge in [-0.05, 0) is 0 Å². The first-order valence-corrected chi connectivity index (χ1v) is 4.26. The smallest absolute Gasteiger partial charge is 0.336 e. The van der Waals surface area contributed by atoms with Crippen LogP contribution in [-0.4, -0.2) is 62.6 Å². The van der Waals surface area contributed by atoms with Gasteiger partial charge in [0.05, 0.1) is 19.4 Å². The minimum atomic E-state index is -2.70. The molecule has 0 fully saturated rings. The van der Waals surface area contributed by atoms with Crippen molar-refractivity contribution in [2.24, 2.45) is 0 Å².